The first kappa shape index (κ1) is 16.4. The Kier molecular flexibility index (Phi) is 3.24. The normalized spacial score (nSPS) is 14.6. The van der Waals surface area contributed by atoms with Gasteiger partial charge in [-0.3, -0.25) is 0 Å². The fraction of sp³-hybridized carbons (Fsp3) is 0.143. The van der Waals surface area contributed by atoms with Crippen molar-refractivity contribution in [2.75, 3.05) is 0 Å². The van der Waals surface area contributed by atoms with E-state index in [1.165, 1.54) is 0 Å². The molecule has 2 aromatic carbocycles. The Morgan fingerprint density at radius 2 is 1.74 bits per heavy atom. The van der Waals surface area contributed by atoms with Crippen LogP contribution in [0.2, 0.25) is 0 Å². The molecule has 0 radical (unpaired) electrons. The third-order valence-corrected chi connectivity index (χ3v) is 9.03. The van der Waals surface area contributed by atoms with Crippen molar-refractivity contribution in [3.05, 3.63) is 70.5 Å². The Hall–Kier alpha value is -2.82. The predicted molar refractivity (Wildman–Crippen MR) is 105 cm³/mol. The minimum atomic E-state index is -4.63. The van der Waals surface area contributed by atoms with Gasteiger partial charge < -0.3 is 0 Å². The van der Waals surface area contributed by atoms with E-state index in [0.717, 1.165) is 5.56 Å². The maximum atomic E-state index is 13.3. The van der Waals surface area contributed by atoms with Gasteiger partial charge >= 0.3 is 157 Å². The van der Waals surface area contributed by atoms with Gasteiger partial charge in [0.05, 0.1) is 0 Å². The number of hydrogen-bond acceptors (Lipinski definition) is 4. The van der Waals surface area contributed by atoms with Crippen molar-refractivity contribution < 1.29 is 7.67 Å². The van der Waals surface area contributed by atoms with E-state index in [4.69, 9.17) is 0 Å². The third kappa shape index (κ3) is 2.05. The van der Waals surface area contributed by atoms with E-state index in [1.807, 2.05) is 16.7 Å². The molecule has 0 saturated carbocycles. The van der Waals surface area contributed by atoms with E-state index in [0.29, 0.717) is 32.1 Å². The minimum absolute atomic E-state index is 0.192. The first-order valence-corrected chi connectivity index (χ1v) is 11.8. The van der Waals surface area contributed by atoms with Gasteiger partial charge in [-0.1, -0.05) is 0 Å². The summed E-state index contributed by atoms with van der Waals surface area (Å²) in [5.74, 6) is 0.248. The quantitative estimate of drug-likeness (QED) is 0.307. The number of aromatic nitrogens is 2. The molecular formula is C21H16N2O3Se. The molecule has 6 heteroatoms. The maximum absolute atomic E-state index is 13.3. The average Bonchev–Trinajstić information content (AvgIpc) is 2.67. The summed E-state index contributed by atoms with van der Waals surface area (Å²) in [5, 5.41) is 0.887. The van der Waals surface area contributed by atoms with Crippen LogP contribution in [0.3, 0.4) is 0 Å². The van der Waals surface area contributed by atoms with Crippen LogP contribution in [0, 0.1) is 0 Å². The summed E-state index contributed by atoms with van der Waals surface area (Å²) < 4.78 is 29.1. The topological polar surface area (TPSA) is 69.0 Å². The molecule has 3 heterocycles. The Bertz CT molecular complexity index is 1430. The molecule has 0 N–H and O–H groups in total. The van der Waals surface area contributed by atoms with E-state index in [-0.39, 0.29) is 15.8 Å². The summed E-state index contributed by atoms with van der Waals surface area (Å²) in [7, 11) is 0. The molecule has 0 aliphatic carbocycles. The fourth-order valence-corrected chi connectivity index (χ4v) is 7.21. The number of nitrogens with zero attached hydrogens (tertiary/aromatic N) is 2. The van der Waals surface area contributed by atoms with Gasteiger partial charge in [-0.2, -0.15) is 0 Å². The number of rotatable bonds is 1. The third-order valence-electron chi connectivity index (χ3n) is 5.18. The van der Waals surface area contributed by atoms with Crippen molar-refractivity contribution in [1.29, 1.82) is 0 Å². The van der Waals surface area contributed by atoms with Crippen LogP contribution >= 0.6 is 0 Å². The number of fused-ring (bicyclic) bond motifs is 4. The molecule has 0 saturated heterocycles. The molecule has 0 spiro atoms. The van der Waals surface area contributed by atoms with Crippen molar-refractivity contribution in [3.63, 3.8) is 0 Å². The van der Waals surface area contributed by atoms with Crippen LogP contribution in [0.4, 0.5) is 0 Å². The SMILES string of the molecule is CC(C)c1ccc2c(c1)-n1c3ncccc3c(=O)c3cccc(c31)[Se]2(=O)=O. The second-order valence-corrected chi connectivity index (χ2v) is 11.0. The number of hydrogen-bond donors (Lipinski definition) is 0. The molecule has 4 aromatic rings. The first-order valence-electron chi connectivity index (χ1n) is 8.73. The number of para-hydroxylation sites is 1. The van der Waals surface area contributed by atoms with Gasteiger partial charge in [-0.05, 0) is 0 Å². The summed E-state index contributed by atoms with van der Waals surface area (Å²) in [6.45, 7) is 4.13. The van der Waals surface area contributed by atoms with Crippen molar-refractivity contribution >= 4 is 43.6 Å². The molecule has 1 aliphatic heterocycles. The molecule has 27 heavy (non-hydrogen) atoms. The number of benzene rings is 2. The molecule has 0 fully saturated rings. The zero-order valence-electron chi connectivity index (χ0n) is 14.8. The Morgan fingerprint density at radius 3 is 2.52 bits per heavy atom. The molecule has 5 rings (SSSR count). The average molecular weight is 423 g/mol. The van der Waals surface area contributed by atoms with E-state index in [1.54, 1.807) is 42.6 Å². The Morgan fingerprint density at radius 1 is 0.963 bits per heavy atom. The van der Waals surface area contributed by atoms with E-state index < -0.39 is 12.7 Å². The van der Waals surface area contributed by atoms with Crippen LogP contribution in [-0.4, -0.2) is 22.3 Å². The fourth-order valence-electron chi connectivity index (χ4n) is 3.80. The van der Waals surface area contributed by atoms with Crippen LogP contribution in [0.5, 0.6) is 0 Å². The molecule has 2 aromatic heterocycles. The van der Waals surface area contributed by atoms with Gasteiger partial charge in [0.1, 0.15) is 0 Å². The molecule has 0 unspecified atom stereocenters. The van der Waals surface area contributed by atoms with Gasteiger partial charge in [0.2, 0.25) is 0 Å². The number of pyridine rings is 2. The second-order valence-electron chi connectivity index (χ2n) is 7.08. The van der Waals surface area contributed by atoms with Crippen LogP contribution in [0.25, 0.3) is 27.6 Å². The zero-order chi connectivity index (χ0) is 18.9. The summed E-state index contributed by atoms with van der Waals surface area (Å²) in [4.78, 5) is 17.4. The molecular weight excluding hydrogens is 407 g/mol. The molecule has 0 bridgehead atoms. The van der Waals surface area contributed by atoms with Crippen molar-refractivity contribution in [2.45, 2.75) is 19.8 Å². The Labute approximate surface area is 156 Å². The first-order chi connectivity index (χ1) is 12.9. The van der Waals surface area contributed by atoms with Crippen LogP contribution in [-0.2, 0) is 7.67 Å². The van der Waals surface area contributed by atoms with Crippen LogP contribution in [0.1, 0.15) is 25.3 Å². The predicted octanol–water partition coefficient (Wildman–Crippen LogP) is 2.39. The van der Waals surface area contributed by atoms with Gasteiger partial charge in [-0.25, -0.2) is 0 Å². The van der Waals surface area contributed by atoms with E-state index in [2.05, 4.69) is 18.8 Å². The van der Waals surface area contributed by atoms with Crippen molar-refractivity contribution in [2.24, 2.45) is 0 Å². The van der Waals surface area contributed by atoms with Crippen LogP contribution < -0.4 is 14.4 Å². The summed E-state index contributed by atoms with van der Waals surface area (Å²) in [6.07, 6.45) is 1.63. The van der Waals surface area contributed by atoms with Gasteiger partial charge in [0.15, 0.2) is 0 Å². The molecule has 0 amide bonds. The van der Waals surface area contributed by atoms with E-state index in [9.17, 15) is 12.5 Å². The summed E-state index contributed by atoms with van der Waals surface area (Å²) in [5.41, 5.74) is 2.35. The monoisotopic (exact) mass is 424 g/mol. The van der Waals surface area contributed by atoms with Crippen molar-refractivity contribution in [3.8, 4) is 5.69 Å². The summed E-state index contributed by atoms with van der Waals surface area (Å²) >= 11 is -4.63. The molecule has 134 valence electrons. The van der Waals surface area contributed by atoms with Crippen LogP contribution in [0.15, 0.2) is 59.5 Å². The standard InChI is InChI=1S/C21H16N2O3Se/c1-12(2)13-8-9-17-16(11-13)23-19-14(5-3-7-18(19)27(17,25)26)20(24)15-6-4-10-22-21(15)23/h3-12H,1-2H3. The van der Waals surface area contributed by atoms with Gasteiger partial charge in [-0.15, -0.1) is 0 Å². The summed E-state index contributed by atoms with van der Waals surface area (Å²) in [6, 6.07) is 13.9. The Balaban J connectivity index is 2.14. The van der Waals surface area contributed by atoms with Gasteiger partial charge in [0.25, 0.3) is 0 Å². The van der Waals surface area contributed by atoms with Crippen molar-refractivity contribution in [1.82, 2.24) is 9.55 Å². The molecule has 5 nitrogen and oxygen atoms in total. The van der Waals surface area contributed by atoms with E-state index >= 15 is 0 Å². The zero-order valence-corrected chi connectivity index (χ0v) is 16.5. The molecule has 1 aliphatic rings. The molecule has 0 atom stereocenters. The second kappa shape index (κ2) is 5.35. The van der Waals surface area contributed by atoms with Gasteiger partial charge in [0, 0.05) is 0 Å².